The van der Waals surface area contributed by atoms with Crippen LogP contribution in [-0.2, 0) is 11.0 Å². The van der Waals surface area contributed by atoms with Crippen LogP contribution in [0.5, 0.6) is 5.75 Å². The highest BCUT2D eigenvalue weighted by Gasteiger charge is 2.34. The van der Waals surface area contributed by atoms with E-state index in [9.17, 15) is 28.1 Å². The fraction of sp³-hybridized carbons (Fsp3) is 0.286. The predicted octanol–water partition coefficient (Wildman–Crippen LogP) is 5.29. The van der Waals surface area contributed by atoms with Gasteiger partial charge in [-0.05, 0) is 30.3 Å². The van der Waals surface area contributed by atoms with Crippen LogP contribution in [0.4, 0.5) is 24.5 Å². The SMILES string of the molecule is COc1c(Cl)cc(Cl)cc1C=CC(=O)N1CCN(c2ccc(C(F)(F)F)cc2[N+](=O)[O-])CC1. The minimum absolute atomic E-state index is 0.0777. The van der Waals surface area contributed by atoms with Crippen LogP contribution in [0.1, 0.15) is 11.1 Å². The lowest BCUT2D eigenvalue weighted by Crippen LogP contribution is -2.48. The van der Waals surface area contributed by atoms with Crippen LogP contribution < -0.4 is 9.64 Å². The van der Waals surface area contributed by atoms with Crippen LogP contribution in [0.2, 0.25) is 10.0 Å². The minimum Gasteiger partial charge on any atom is -0.495 e. The zero-order valence-electron chi connectivity index (χ0n) is 17.2. The molecule has 0 radical (unpaired) electrons. The summed E-state index contributed by atoms with van der Waals surface area (Å²) < 4.78 is 44.0. The Balaban J connectivity index is 1.71. The van der Waals surface area contributed by atoms with Crippen molar-refractivity contribution in [1.82, 2.24) is 4.90 Å². The quantitative estimate of drug-likeness (QED) is 0.314. The molecule has 0 spiro atoms. The molecule has 1 heterocycles. The Kier molecular flexibility index (Phi) is 7.38. The first kappa shape index (κ1) is 24.7. The van der Waals surface area contributed by atoms with Crippen LogP contribution in [0.25, 0.3) is 6.08 Å². The number of methoxy groups -OCH3 is 1. The fourth-order valence-corrected chi connectivity index (χ4v) is 4.05. The number of hydrogen-bond acceptors (Lipinski definition) is 5. The highest BCUT2D eigenvalue weighted by Crippen LogP contribution is 2.37. The number of alkyl halides is 3. The molecule has 0 aliphatic carbocycles. The Morgan fingerprint density at radius 1 is 1.15 bits per heavy atom. The summed E-state index contributed by atoms with van der Waals surface area (Å²) in [4.78, 5) is 26.2. The van der Waals surface area contributed by atoms with Crippen molar-refractivity contribution >= 4 is 46.6 Å². The monoisotopic (exact) mass is 503 g/mol. The summed E-state index contributed by atoms with van der Waals surface area (Å²) in [6, 6.07) is 5.54. The third-order valence-corrected chi connectivity index (χ3v) is 5.58. The summed E-state index contributed by atoms with van der Waals surface area (Å²) in [6.07, 6.45) is -1.83. The van der Waals surface area contributed by atoms with Crippen LogP contribution in [-0.4, -0.2) is 49.0 Å². The molecule has 0 atom stereocenters. The molecule has 176 valence electrons. The molecule has 7 nitrogen and oxygen atoms in total. The summed E-state index contributed by atoms with van der Waals surface area (Å²) in [6.45, 7) is 0.903. The molecule has 2 aromatic carbocycles. The lowest BCUT2D eigenvalue weighted by atomic mass is 10.1. The van der Waals surface area contributed by atoms with Gasteiger partial charge in [-0.2, -0.15) is 13.2 Å². The summed E-state index contributed by atoms with van der Waals surface area (Å²) in [5.41, 5.74) is -1.13. The molecular weight excluding hydrogens is 486 g/mol. The Bertz CT molecular complexity index is 1100. The van der Waals surface area contributed by atoms with Crippen molar-refractivity contribution in [2.45, 2.75) is 6.18 Å². The second-order valence-corrected chi connectivity index (χ2v) is 7.96. The van der Waals surface area contributed by atoms with E-state index in [1.165, 1.54) is 30.2 Å². The molecule has 0 saturated carbocycles. The van der Waals surface area contributed by atoms with Gasteiger partial charge >= 0.3 is 6.18 Å². The maximum absolute atomic E-state index is 12.9. The highest BCUT2D eigenvalue weighted by atomic mass is 35.5. The van der Waals surface area contributed by atoms with Gasteiger partial charge < -0.3 is 14.5 Å². The molecule has 12 heteroatoms. The normalized spacial score (nSPS) is 14.6. The van der Waals surface area contributed by atoms with E-state index in [0.717, 1.165) is 12.1 Å². The van der Waals surface area contributed by atoms with Gasteiger partial charge in [0.05, 0.1) is 22.6 Å². The molecule has 33 heavy (non-hydrogen) atoms. The van der Waals surface area contributed by atoms with Crippen molar-refractivity contribution in [3.05, 3.63) is 67.7 Å². The number of nitro groups is 1. The first-order valence-electron chi connectivity index (χ1n) is 9.62. The van der Waals surface area contributed by atoms with Crippen molar-refractivity contribution in [2.75, 3.05) is 38.2 Å². The number of anilines is 1. The lowest BCUT2D eigenvalue weighted by Gasteiger charge is -2.35. The van der Waals surface area contributed by atoms with E-state index >= 15 is 0 Å². The Morgan fingerprint density at radius 2 is 1.82 bits per heavy atom. The molecule has 3 rings (SSSR count). The summed E-state index contributed by atoms with van der Waals surface area (Å²) in [5.74, 6) is 0.0549. The van der Waals surface area contributed by atoms with Crippen LogP contribution in [0.3, 0.4) is 0 Å². The number of carbonyl (C=O) groups excluding carboxylic acids is 1. The third-order valence-electron chi connectivity index (χ3n) is 5.08. The first-order chi connectivity index (χ1) is 15.5. The maximum Gasteiger partial charge on any atom is 0.416 e. The Hall–Kier alpha value is -2.98. The number of benzene rings is 2. The van der Waals surface area contributed by atoms with Crippen molar-refractivity contribution in [3.8, 4) is 5.75 Å². The zero-order chi connectivity index (χ0) is 24.3. The molecule has 1 amide bonds. The van der Waals surface area contributed by atoms with Gasteiger partial charge in [-0.3, -0.25) is 14.9 Å². The topological polar surface area (TPSA) is 75.9 Å². The third kappa shape index (κ3) is 5.69. The number of piperazine rings is 1. The van der Waals surface area contributed by atoms with Gasteiger partial charge in [-0.25, -0.2) is 0 Å². The average Bonchev–Trinajstić information content (AvgIpc) is 2.76. The second-order valence-electron chi connectivity index (χ2n) is 7.11. The summed E-state index contributed by atoms with van der Waals surface area (Å²) >= 11 is 12.1. The van der Waals surface area contributed by atoms with Crippen LogP contribution >= 0.6 is 23.2 Å². The molecule has 0 N–H and O–H groups in total. The second kappa shape index (κ2) is 9.88. The molecular formula is C21H18Cl2F3N3O4. The Morgan fingerprint density at radius 3 is 2.39 bits per heavy atom. The van der Waals surface area contributed by atoms with Gasteiger partial charge in [0.1, 0.15) is 11.4 Å². The largest absolute Gasteiger partial charge is 0.495 e. The van der Waals surface area contributed by atoms with Gasteiger partial charge in [0.25, 0.3) is 5.69 Å². The molecule has 1 saturated heterocycles. The molecule has 0 unspecified atom stereocenters. The van der Waals surface area contributed by atoms with Crippen molar-refractivity contribution in [3.63, 3.8) is 0 Å². The highest BCUT2D eigenvalue weighted by molar-refractivity contribution is 6.36. The van der Waals surface area contributed by atoms with Crippen molar-refractivity contribution in [2.24, 2.45) is 0 Å². The van der Waals surface area contributed by atoms with Crippen LogP contribution in [0, 0.1) is 10.1 Å². The molecule has 1 aliphatic rings. The van der Waals surface area contributed by atoms with Gasteiger partial charge in [-0.15, -0.1) is 0 Å². The number of ether oxygens (including phenoxy) is 1. The number of carbonyl (C=O) groups is 1. The maximum atomic E-state index is 12.9. The van der Waals surface area contributed by atoms with E-state index in [-0.39, 0.29) is 37.8 Å². The smallest absolute Gasteiger partial charge is 0.416 e. The van der Waals surface area contributed by atoms with E-state index in [1.807, 2.05) is 0 Å². The molecule has 0 bridgehead atoms. The number of rotatable bonds is 5. The number of halogens is 5. The van der Waals surface area contributed by atoms with E-state index < -0.39 is 22.4 Å². The molecule has 2 aromatic rings. The van der Waals surface area contributed by atoms with Crippen molar-refractivity contribution < 1.29 is 27.6 Å². The van der Waals surface area contributed by atoms with Gasteiger partial charge in [-0.1, -0.05) is 23.2 Å². The lowest BCUT2D eigenvalue weighted by molar-refractivity contribution is -0.384. The Labute approximate surface area is 197 Å². The standard InChI is InChI=1S/C21H18Cl2F3N3O4/c1-33-20-13(10-15(22)12-16(20)23)2-5-19(30)28-8-6-27(7-9-28)17-4-3-14(21(24,25)26)11-18(17)29(31)32/h2-5,10-12H,6-9H2,1H3. The van der Waals surface area contributed by atoms with Gasteiger partial charge in [0.2, 0.25) is 5.91 Å². The minimum atomic E-state index is -4.68. The van der Waals surface area contributed by atoms with E-state index in [1.54, 1.807) is 11.0 Å². The number of nitrogens with zero attached hydrogens (tertiary/aromatic N) is 3. The van der Waals surface area contributed by atoms with Gasteiger partial charge in [0.15, 0.2) is 0 Å². The first-order valence-corrected chi connectivity index (χ1v) is 10.4. The zero-order valence-corrected chi connectivity index (χ0v) is 18.7. The number of hydrogen-bond donors (Lipinski definition) is 0. The summed E-state index contributed by atoms with van der Waals surface area (Å²) in [5, 5.41) is 12.0. The van der Waals surface area contributed by atoms with Gasteiger partial charge in [0, 0.05) is 48.9 Å². The van der Waals surface area contributed by atoms with Crippen molar-refractivity contribution in [1.29, 1.82) is 0 Å². The van der Waals surface area contributed by atoms with Crippen LogP contribution in [0.15, 0.2) is 36.4 Å². The molecule has 0 aromatic heterocycles. The average molecular weight is 504 g/mol. The molecule has 1 aliphatic heterocycles. The number of nitro benzene ring substituents is 1. The van der Waals surface area contributed by atoms with E-state index in [0.29, 0.717) is 27.4 Å². The van der Waals surface area contributed by atoms with E-state index in [2.05, 4.69) is 0 Å². The number of amides is 1. The predicted molar refractivity (Wildman–Crippen MR) is 119 cm³/mol. The molecule has 1 fully saturated rings. The fourth-order valence-electron chi connectivity index (χ4n) is 3.47. The van der Waals surface area contributed by atoms with E-state index in [4.69, 9.17) is 27.9 Å². The summed E-state index contributed by atoms with van der Waals surface area (Å²) in [7, 11) is 1.44.